The van der Waals surface area contributed by atoms with Gasteiger partial charge in [0.15, 0.2) is 5.58 Å². The second kappa shape index (κ2) is 7.79. The Balaban J connectivity index is 1.77. The summed E-state index contributed by atoms with van der Waals surface area (Å²) in [4.78, 5) is 18.9. The Bertz CT molecular complexity index is 835. The summed E-state index contributed by atoms with van der Waals surface area (Å²) in [6.45, 7) is 4.74. The fourth-order valence-electron chi connectivity index (χ4n) is 2.65. The number of para-hydroxylation sites is 2. The molecule has 1 amide bonds. The van der Waals surface area contributed by atoms with Crippen molar-refractivity contribution in [2.24, 2.45) is 0 Å². The second-order valence-corrected chi connectivity index (χ2v) is 6.06. The molecular weight excluding hydrogens is 312 g/mol. The molecule has 0 aliphatic carbocycles. The average molecular weight is 334 g/mol. The number of aromatic nitrogens is 1. The smallest absolute Gasteiger partial charge is 0.247 e. The Kier molecular flexibility index (Phi) is 5.29. The van der Waals surface area contributed by atoms with Crippen LogP contribution in [-0.4, -0.2) is 21.8 Å². The predicted molar refractivity (Wildman–Crippen MR) is 99.8 cm³/mol. The van der Waals surface area contributed by atoms with Crippen LogP contribution < -0.4 is 0 Å². The van der Waals surface area contributed by atoms with Gasteiger partial charge in [0.25, 0.3) is 0 Å². The molecule has 25 heavy (non-hydrogen) atoms. The zero-order chi connectivity index (χ0) is 17.6. The Hall–Kier alpha value is -2.88. The van der Waals surface area contributed by atoms with Crippen molar-refractivity contribution in [2.45, 2.75) is 32.9 Å². The van der Waals surface area contributed by atoms with E-state index in [2.05, 4.69) is 18.8 Å². The van der Waals surface area contributed by atoms with E-state index in [1.54, 1.807) is 12.2 Å². The number of benzene rings is 2. The first-order valence-electron chi connectivity index (χ1n) is 8.55. The van der Waals surface area contributed by atoms with E-state index in [-0.39, 0.29) is 11.9 Å². The van der Waals surface area contributed by atoms with Gasteiger partial charge in [-0.3, -0.25) is 4.79 Å². The largest absolute Gasteiger partial charge is 0.437 e. The van der Waals surface area contributed by atoms with Crippen LogP contribution in [0.1, 0.15) is 31.7 Å². The van der Waals surface area contributed by atoms with Crippen molar-refractivity contribution in [1.29, 1.82) is 0 Å². The van der Waals surface area contributed by atoms with Crippen LogP contribution in [-0.2, 0) is 11.3 Å². The standard InChI is InChI=1S/C21H22N2O2/c1-3-16(2)23(15-17-9-5-4-6-10-17)21(24)14-13-20-22-18-11-7-8-12-19(18)25-20/h4-14,16H,3,15H2,1-2H3/b14-13+. The fourth-order valence-corrected chi connectivity index (χ4v) is 2.65. The molecule has 0 saturated carbocycles. The van der Waals surface area contributed by atoms with Gasteiger partial charge in [0.2, 0.25) is 11.8 Å². The van der Waals surface area contributed by atoms with Gasteiger partial charge in [0.1, 0.15) is 5.52 Å². The number of amides is 1. The van der Waals surface area contributed by atoms with Gasteiger partial charge < -0.3 is 9.32 Å². The van der Waals surface area contributed by atoms with Crippen molar-refractivity contribution >= 4 is 23.1 Å². The summed E-state index contributed by atoms with van der Waals surface area (Å²) in [7, 11) is 0. The highest BCUT2D eigenvalue weighted by atomic mass is 16.3. The number of fused-ring (bicyclic) bond motifs is 1. The molecule has 0 aliphatic rings. The summed E-state index contributed by atoms with van der Waals surface area (Å²) in [6.07, 6.45) is 4.08. The molecule has 128 valence electrons. The third-order valence-electron chi connectivity index (χ3n) is 4.28. The summed E-state index contributed by atoms with van der Waals surface area (Å²) < 4.78 is 5.63. The molecule has 0 radical (unpaired) electrons. The third kappa shape index (κ3) is 4.15. The van der Waals surface area contributed by atoms with Crippen LogP contribution in [0.15, 0.2) is 65.1 Å². The molecule has 3 aromatic rings. The van der Waals surface area contributed by atoms with Crippen molar-refractivity contribution < 1.29 is 9.21 Å². The van der Waals surface area contributed by atoms with E-state index in [9.17, 15) is 4.79 Å². The van der Waals surface area contributed by atoms with Gasteiger partial charge in [-0.15, -0.1) is 0 Å². The first-order valence-corrected chi connectivity index (χ1v) is 8.55. The second-order valence-electron chi connectivity index (χ2n) is 6.06. The minimum absolute atomic E-state index is 0.0412. The molecule has 0 aliphatic heterocycles. The monoisotopic (exact) mass is 334 g/mol. The van der Waals surface area contributed by atoms with Crippen molar-refractivity contribution in [3.8, 4) is 0 Å². The van der Waals surface area contributed by atoms with Crippen LogP contribution in [0.5, 0.6) is 0 Å². The highest BCUT2D eigenvalue weighted by Crippen LogP contribution is 2.16. The average Bonchev–Trinajstić information content (AvgIpc) is 3.07. The molecule has 1 atom stereocenters. The maximum Gasteiger partial charge on any atom is 0.247 e. The Morgan fingerprint density at radius 3 is 2.60 bits per heavy atom. The zero-order valence-electron chi connectivity index (χ0n) is 14.6. The van der Waals surface area contributed by atoms with Crippen molar-refractivity contribution in [1.82, 2.24) is 9.88 Å². The fraction of sp³-hybridized carbons (Fsp3) is 0.238. The van der Waals surface area contributed by atoms with Crippen LogP contribution in [0.2, 0.25) is 0 Å². The first-order chi connectivity index (χ1) is 12.2. The summed E-state index contributed by atoms with van der Waals surface area (Å²) in [5.74, 6) is 0.402. The van der Waals surface area contributed by atoms with Crippen LogP contribution in [0.25, 0.3) is 17.2 Å². The van der Waals surface area contributed by atoms with Crippen molar-refractivity contribution in [3.63, 3.8) is 0 Å². The van der Waals surface area contributed by atoms with Crippen molar-refractivity contribution in [2.75, 3.05) is 0 Å². The van der Waals surface area contributed by atoms with Crippen LogP contribution in [0.4, 0.5) is 0 Å². The number of hydrogen-bond donors (Lipinski definition) is 0. The van der Waals surface area contributed by atoms with E-state index in [1.165, 1.54) is 0 Å². The van der Waals surface area contributed by atoms with Gasteiger partial charge >= 0.3 is 0 Å². The molecule has 0 saturated heterocycles. The number of rotatable bonds is 6. The molecule has 0 bridgehead atoms. The lowest BCUT2D eigenvalue weighted by Gasteiger charge is -2.27. The van der Waals surface area contributed by atoms with Gasteiger partial charge in [-0.1, -0.05) is 49.4 Å². The SMILES string of the molecule is CCC(C)N(Cc1ccccc1)C(=O)/C=C/c1nc2ccccc2o1. The number of carbonyl (C=O) groups excluding carboxylic acids is 1. The summed E-state index contributed by atoms with van der Waals surface area (Å²) in [6, 6.07) is 17.7. The van der Waals surface area contributed by atoms with Gasteiger partial charge in [-0.05, 0) is 31.0 Å². The van der Waals surface area contributed by atoms with Crippen LogP contribution in [0, 0.1) is 0 Å². The number of nitrogens with zero attached hydrogens (tertiary/aromatic N) is 2. The zero-order valence-corrected chi connectivity index (χ0v) is 14.6. The van der Waals surface area contributed by atoms with E-state index < -0.39 is 0 Å². The quantitative estimate of drug-likeness (QED) is 0.616. The van der Waals surface area contributed by atoms with Gasteiger partial charge in [0, 0.05) is 24.7 Å². The lowest BCUT2D eigenvalue weighted by molar-refractivity contribution is -0.128. The van der Waals surface area contributed by atoms with Gasteiger partial charge in [-0.2, -0.15) is 0 Å². The van der Waals surface area contributed by atoms with E-state index in [1.807, 2.05) is 59.5 Å². The molecule has 1 unspecified atom stereocenters. The maximum absolute atomic E-state index is 12.7. The molecular formula is C21H22N2O2. The number of hydrogen-bond acceptors (Lipinski definition) is 3. The molecule has 1 aromatic heterocycles. The molecule has 0 spiro atoms. The Morgan fingerprint density at radius 1 is 1.16 bits per heavy atom. The number of oxazole rings is 1. The van der Waals surface area contributed by atoms with Gasteiger partial charge in [-0.25, -0.2) is 4.98 Å². The molecule has 4 nitrogen and oxygen atoms in total. The highest BCUT2D eigenvalue weighted by Gasteiger charge is 2.17. The van der Waals surface area contributed by atoms with Crippen LogP contribution >= 0.6 is 0 Å². The molecule has 1 heterocycles. The normalized spacial score (nSPS) is 12.6. The van der Waals surface area contributed by atoms with Crippen LogP contribution in [0.3, 0.4) is 0 Å². The minimum Gasteiger partial charge on any atom is -0.437 e. The third-order valence-corrected chi connectivity index (χ3v) is 4.28. The maximum atomic E-state index is 12.7. The van der Waals surface area contributed by atoms with E-state index in [4.69, 9.17) is 4.42 Å². The van der Waals surface area contributed by atoms with E-state index in [0.717, 1.165) is 23.1 Å². The molecule has 0 fully saturated rings. The minimum atomic E-state index is -0.0412. The first kappa shape index (κ1) is 17.0. The number of carbonyl (C=O) groups is 1. The lowest BCUT2D eigenvalue weighted by Crippen LogP contribution is -2.36. The Morgan fingerprint density at radius 2 is 1.88 bits per heavy atom. The van der Waals surface area contributed by atoms with Crippen molar-refractivity contribution in [3.05, 3.63) is 72.1 Å². The topological polar surface area (TPSA) is 46.3 Å². The highest BCUT2D eigenvalue weighted by molar-refractivity contribution is 5.91. The predicted octanol–water partition coefficient (Wildman–Crippen LogP) is 4.67. The molecule has 2 aromatic carbocycles. The summed E-state index contributed by atoms with van der Waals surface area (Å²) >= 11 is 0. The lowest BCUT2D eigenvalue weighted by atomic mass is 10.1. The Labute approximate surface area is 147 Å². The molecule has 0 N–H and O–H groups in total. The molecule has 3 rings (SSSR count). The summed E-state index contributed by atoms with van der Waals surface area (Å²) in [5.41, 5.74) is 2.63. The van der Waals surface area contributed by atoms with Gasteiger partial charge in [0.05, 0.1) is 0 Å². The molecule has 4 heteroatoms. The van der Waals surface area contributed by atoms with E-state index in [0.29, 0.717) is 12.4 Å². The summed E-state index contributed by atoms with van der Waals surface area (Å²) in [5, 5.41) is 0. The van der Waals surface area contributed by atoms with E-state index >= 15 is 0 Å².